The summed E-state index contributed by atoms with van der Waals surface area (Å²) >= 11 is 5.84. The molecule has 0 saturated carbocycles. The van der Waals surface area contributed by atoms with Crippen LogP contribution in [0, 0.1) is 0 Å². The number of hydrogen-bond acceptors (Lipinski definition) is 5. The number of rotatable bonds is 5. The Morgan fingerprint density at radius 1 is 1.59 bits per heavy atom. The first-order valence-electron chi connectivity index (χ1n) is 5.02. The predicted octanol–water partition coefficient (Wildman–Crippen LogP) is 1.20. The zero-order valence-corrected chi connectivity index (χ0v) is 10.1. The number of esters is 1. The number of aromatic nitrogens is 1. The lowest BCUT2D eigenvalue weighted by Gasteiger charge is -2.08. The van der Waals surface area contributed by atoms with Gasteiger partial charge < -0.3 is 10.5 Å². The van der Waals surface area contributed by atoms with Crippen LogP contribution >= 0.6 is 11.6 Å². The molecule has 0 aromatic carbocycles. The molecule has 17 heavy (non-hydrogen) atoms. The summed E-state index contributed by atoms with van der Waals surface area (Å²) in [5.74, 6) is -0.725. The van der Waals surface area contributed by atoms with E-state index in [1.807, 2.05) is 0 Å². The second kappa shape index (κ2) is 6.32. The van der Waals surface area contributed by atoms with Crippen LogP contribution in [-0.2, 0) is 9.53 Å². The average molecular weight is 257 g/mol. The van der Waals surface area contributed by atoms with E-state index in [2.05, 4.69) is 9.72 Å². The van der Waals surface area contributed by atoms with Crippen LogP contribution < -0.4 is 5.73 Å². The number of nitrogens with two attached hydrogens (primary N) is 1. The van der Waals surface area contributed by atoms with E-state index in [1.165, 1.54) is 25.6 Å². The number of halogens is 1. The second-order valence-electron chi connectivity index (χ2n) is 3.45. The van der Waals surface area contributed by atoms with Crippen LogP contribution in [0.3, 0.4) is 0 Å². The number of methoxy groups -OCH3 is 1. The van der Waals surface area contributed by atoms with Crippen molar-refractivity contribution in [2.75, 3.05) is 7.11 Å². The van der Waals surface area contributed by atoms with Gasteiger partial charge in [0.2, 0.25) is 0 Å². The van der Waals surface area contributed by atoms with E-state index in [0.29, 0.717) is 10.6 Å². The standard InChI is InChI=1S/C11H13ClN2O3/c1-17-11(16)9(13)2-3-10(15)7-6-14-5-4-8(7)12/h4-6,9H,2-3,13H2,1H3/t9-/m1/s1. The Balaban J connectivity index is 2.57. The summed E-state index contributed by atoms with van der Waals surface area (Å²) in [5, 5.41) is 0.344. The van der Waals surface area contributed by atoms with Gasteiger partial charge in [-0.1, -0.05) is 11.6 Å². The second-order valence-corrected chi connectivity index (χ2v) is 3.85. The zero-order valence-electron chi connectivity index (χ0n) is 9.35. The number of carbonyl (C=O) groups excluding carboxylic acids is 2. The van der Waals surface area contributed by atoms with Gasteiger partial charge >= 0.3 is 5.97 Å². The van der Waals surface area contributed by atoms with Gasteiger partial charge in [0.1, 0.15) is 6.04 Å². The van der Waals surface area contributed by atoms with Gasteiger partial charge in [0, 0.05) is 18.8 Å². The van der Waals surface area contributed by atoms with E-state index >= 15 is 0 Å². The first kappa shape index (κ1) is 13.6. The van der Waals surface area contributed by atoms with E-state index in [0.717, 1.165) is 0 Å². The van der Waals surface area contributed by atoms with Crippen molar-refractivity contribution in [3.8, 4) is 0 Å². The molecule has 0 aliphatic heterocycles. The number of carbonyl (C=O) groups is 2. The SMILES string of the molecule is COC(=O)[C@H](N)CCC(=O)c1cnccc1Cl. The van der Waals surface area contributed by atoms with Crippen molar-refractivity contribution in [2.45, 2.75) is 18.9 Å². The molecule has 2 N–H and O–H groups in total. The third-order valence-corrected chi connectivity index (χ3v) is 2.58. The number of nitrogens with zero attached hydrogens (tertiary/aromatic N) is 1. The highest BCUT2D eigenvalue weighted by Gasteiger charge is 2.17. The fourth-order valence-electron chi connectivity index (χ4n) is 1.27. The van der Waals surface area contributed by atoms with Crippen molar-refractivity contribution in [3.63, 3.8) is 0 Å². The molecule has 0 spiro atoms. The first-order valence-corrected chi connectivity index (χ1v) is 5.40. The molecule has 1 aromatic heterocycles. The molecular formula is C11H13ClN2O3. The summed E-state index contributed by atoms with van der Waals surface area (Å²) in [4.78, 5) is 26.6. The van der Waals surface area contributed by atoms with Gasteiger partial charge in [0.25, 0.3) is 0 Å². The number of pyridine rings is 1. The Labute approximate surface area is 104 Å². The minimum atomic E-state index is -0.792. The van der Waals surface area contributed by atoms with Gasteiger partial charge in [-0.05, 0) is 12.5 Å². The van der Waals surface area contributed by atoms with Crippen molar-refractivity contribution in [1.82, 2.24) is 4.98 Å². The quantitative estimate of drug-likeness (QED) is 0.632. The third-order valence-electron chi connectivity index (χ3n) is 2.25. The number of Topliss-reactive ketones (excluding diaryl/α,β-unsaturated/α-hetero) is 1. The molecule has 0 unspecified atom stereocenters. The van der Waals surface area contributed by atoms with E-state index in [9.17, 15) is 9.59 Å². The number of ketones is 1. The molecule has 0 fully saturated rings. The molecule has 0 radical (unpaired) electrons. The summed E-state index contributed by atoms with van der Waals surface area (Å²) in [7, 11) is 1.25. The van der Waals surface area contributed by atoms with Crippen LogP contribution in [0.4, 0.5) is 0 Å². The largest absolute Gasteiger partial charge is 0.468 e. The Kier molecular flexibility index (Phi) is 5.06. The van der Waals surface area contributed by atoms with E-state index < -0.39 is 12.0 Å². The molecule has 1 rings (SSSR count). The van der Waals surface area contributed by atoms with Crippen molar-refractivity contribution < 1.29 is 14.3 Å². The molecule has 1 aromatic rings. The minimum absolute atomic E-state index is 0.127. The van der Waals surface area contributed by atoms with Gasteiger partial charge in [-0.3, -0.25) is 14.6 Å². The van der Waals surface area contributed by atoms with Gasteiger partial charge in [0.05, 0.1) is 17.7 Å². The van der Waals surface area contributed by atoms with Gasteiger partial charge in [-0.25, -0.2) is 0 Å². The topological polar surface area (TPSA) is 82.3 Å². The molecule has 0 bridgehead atoms. The Morgan fingerprint density at radius 2 is 2.29 bits per heavy atom. The summed E-state index contributed by atoms with van der Waals surface area (Å²) in [5.41, 5.74) is 5.86. The summed E-state index contributed by atoms with van der Waals surface area (Å²) < 4.78 is 4.46. The Bertz CT molecular complexity index is 423. The predicted molar refractivity (Wildman–Crippen MR) is 62.8 cm³/mol. The Hall–Kier alpha value is -1.46. The minimum Gasteiger partial charge on any atom is -0.468 e. The molecule has 6 heteroatoms. The highest BCUT2D eigenvalue weighted by molar-refractivity contribution is 6.33. The van der Waals surface area contributed by atoms with Crippen LogP contribution in [0.5, 0.6) is 0 Å². The van der Waals surface area contributed by atoms with Crippen LogP contribution in [0.25, 0.3) is 0 Å². The van der Waals surface area contributed by atoms with Crippen LogP contribution in [0.15, 0.2) is 18.5 Å². The molecule has 0 amide bonds. The fourth-order valence-corrected chi connectivity index (χ4v) is 1.48. The number of ether oxygens (including phenoxy) is 1. The average Bonchev–Trinajstić information content (AvgIpc) is 2.35. The lowest BCUT2D eigenvalue weighted by molar-refractivity contribution is -0.142. The number of hydrogen-bond donors (Lipinski definition) is 1. The van der Waals surface area contributed by atoms with E-state index in [1.54, 1.807) is 0 Å². The molecule has 92 valence electrons. The monoisotopic (exact) mass is 256 g/mol. The molecule has 5 nitrogen and oxygen atoms in total. The van der Waals surface area contributed by atoms with Crippen molar-refractivity contribution >= 4 is 23.4 Å². The molecule has 1 heterocycles. The fraction of sp³-hybridized carbons (Fsp3) is 0.364. The molecule has 0 aliphatic rings. The zero-order chi connectivity index (χ0) is 12.8. The molecule has 0 saturated heterocycles. The van der Waals surface area contributed by atoms with Gasteiger partial charge in [-0.15, -0.1) is 0 Å². The maximum absolute atomic E-state index is 11.7. The first-order chi connectivity index (χ1) is 8.06. The normalized spacial score (nSPS) is 11.9. The molecule has 0 aliphatic carbocycles. The highest BCUT2D eigenvalue weighted by atomic mass is 35.5. The molecule has 1 atom stereocenters. The van der Waals surface area contributed by atoms with Crippen LogP contribution in [-0.4, -0.2) is 29.9 Å². The van der Waals surface area contributed by atoms with Crippen LogP contribution in [0.1, 0.15) is 23.2 Å². The maximum Gasteiger partial charge on any atom is 0.322 e. The van der Waals surface area contributed by atoms with Crippen molar-refractivity contribution in [2.24, 2.45) is 5.73 Å². The highest BCUT2D eigenvalue weighted by Crippen LogP contribution is 2.16. The van der Waals surface area contributed by atoms with E-state index in [4.69, 9.17) is 17.3 Å². The van der Waals surface area contributed by atoms with Gasteiger partial charge in [-0.2, -0.15) is 0 Å². The summed E-state index contributed by atoms with van der Waals surface area (Å²) in [6.07, 6.45) is 3.24. The Morgan fingerprint density at radius 3 is 2.88 bits per heavy atom. The summed E-state index contributed by atoms with van der Waals surface area (Å²) in [6.45, 7) is 0. The molecular weight excluding hydrogens is 244 g/mol. The van der Waals surface area contributed by atoms with Crippen molar-refractivity contribution in [1.29, 1.82) is 0 Å². The van der Waals surface area contributed by atoms with Crippen molar-refractivity contribution in [3.05, 3.63) is 29.0 Å². The third kappa shape index (κ3) is 3.80. The van der Waals surface area contributed by atoms with E-state index in [-0.39, 0.29) is 18.6 Å². The van der Waals surface area contributed by atoms with Gasteiger partial charge in [0.15, 0.2) is 5.78 Å². The lowest BCUT2D eigenvalue weighted by atomic mass is 10.1. The van der Waals surface area contributed by atoms with Crippen LogP contribution in [0.2, 0.25) is 5.02 Å². The summed E-state index contributed by atoms with van der Waals surface area (Å²) in [6, 6.07) is 0.745. The smallest absolute Gasteiger partial charge is 0.322 e. The maximum atomic E-state index is 11.7. The lowest BCUT2D eigenvalue weighted by Crippen LogP contribution is -2.32.